The second-order valence-electron chi connectivity index (χ2n) is 9.34. The Kier molecular flexibility index (Phi) is 7.10. The first-order chi connectivity index (χ1) is 18.3. The second-order valence-corrected chi connectivity index (χ2v) is 10.1. The molecule has 1 saturated carbocycles. The van der Waals surface area contributed by atoms with E-state index in [-0.39, 0.29) is 40.3 Å². The smallest absolute Gasteiger partial charge is 0.270 e. The number of aromatic nitrogens is 2. The van der Waals surface area contributed by atoms with Gasteiger partial charge in [-0.3, -0.25) is 14.4 Å². The number of hydrogen-bond donors (Lipinski definition) is 4. The molecule has 9 nitrogen and oxygen atoms in total. The van der Waals surface area contributed by atoms with Gasteiger partial charge in [-0.15, -0.1) is 0 Å². The molecular formula is C27H27FN6O3S. The van der Waals surface area contributed by atoms with Gasteiger partial charge in [0.05, 0.1) is 12.2 Å². The van der Waals surface area contributed by atoms with E-state index in [0.717, 1.165) is 48.1 Å². The molecule has 4 aromatic rings. The number of amides is 3. The summed E-state index contributed by atoms with van der Waals surface area (Å²) in [5, 5.41) is 3.85. The third kappa shape index (κ3) is 4.84. The monoisotopic (exact) mass is 534 g/mol. The lowest BCUT2D eigenvalue weighted by Crippen LogP contribution is -2.46. The van der Waals surface area contributed by atoms with Crippen LogP contribution in [0.5, 0.6) is 0 Å². The molecule has 6 N–H and O–H groups in total. The van der Waals surface area contributed by atoms with E-state index in [1.807, 2.05) is 24.3 Å². The Morgan fingerprint density at radius 2 is 1.84 bits per heavy atom. The van der Waals surface area contributed by atoms with Crippen LogP contribution in [0.2, 0.25) is 0 Å². The fourth-order valence-electron chi connectivity index (χ4n) is 4.97. The summed E-state index contributed by atoms with van der Waals surface area (Å²) in [6.45, 7) is -0.225. The predicted molar refractivity (Wildman–Crippen MR) is 143 cm³/mol. The first kappa shape index (κ1) is 25.4. The number of primary amides is 1. The van der Waals surface area contributed by atoms with Crippen molar-refractivity contribution in [3.8, 4) is 0 Å². The molecule has 1 aliphatic rings. The van der Waals surface area contributed by atoms with Gasteiger partial charge < -0.3 is 26.7 Å². The number of nitrogen functional groups attached to an aromatic ring is 1. The minimum absolute atomic E-state index is 0.0180. The van der Waals surface area contributed by atoms with Gasteiger partial charge in [0, 0.05) is 34.3 Å². The summed E-state index contributed by atoms with van der Waals surface area (Å²) in [7, 11) is 0. The van der Waals surface area contributed by atoms with Crippen LogP contribution in [-0.2, 0) is 11.3 Å². The van der Waals surface area contributed by atoms with E-state index in [1.54, 1.807) is 24.4 Å². The number of nitrogens with one attached hydrogen (secondary N) is 2. The number of nitrogens with zero attached hydrogens (tertiary/aromatic N) is 2. The molecule has 0 aliphatic heterocycles. The highest BCUT2D eigenvalue weighted by Crippen LogP contribution is 2.34. The summed E-state index contributed by atoms with van der Waals surface area (Å²) in [5.74, 6) is -2.43. The van der Waals surface area contributed by atoms with Crippen LogP contribution in [0.1, 0.15) is 63.0 Å². The van der Waals surface area contributed by atoms with Crippen molar-refractivity contribution in [2.45, 2.75) is 44.3 Å². The van der Waals surface area contributed by atoms with E-state index in [0.29, 0.717) is 5.56 Å². The van der Waals surface area contributed by atoms with E-state index >= 15 is 0 Å². The first-order valence-electron chi connectivity index (χ1n) is 12.3. The topological polar surface area (TPSA) is 147 Å². The molecule has 2 aromatic heterocycles. The Labute approximate surface area is 222 Å². The molecule has 2 heterocycles. The molecule has 196 valence electrons. The predicted octanol–water partition coefficient (Wildman–Crippen LogP) is 3.89. The summed E-state index contributed by atoms with van der Waals surface area (Å²) in [6.07, 6.45) is 5.40. The van der Waals surface area contributed by atoms with Gasteiger partial charge in [0.2, 0.25) is 5.91 Å². The minimum atomic E-state index is -1.13. The number of halogens is 1. The maximum absolute atomic E-state index is 14.9. The Balaban J connectivity index is 1.65. The molecule has 0 radical (unpaired) electrons. The van der Waals surface area contributed by atoms with E-state index in [9.17, 15) is 18.8 Å². The highest BCUT2D eigenvalue weighted by molar-refractivity contribution is 7.09. The zero-order valence-corrected chi connectivity index (χ0v) is 21.3. The number of anilines is 1. The maximum atomic E-state index is 14.9. The summed E-state index contributed by atoms with van der Waals surface area (Å²) in [5.41, 5.74) is 12.6. The molecule has 2 aromatic carbocycles. The van der Waals surface area contributed by atoms with Crippen molar-refractivity contribution < 1.29 is 18.8 Å². The van der Waals surface area contributed by atoms with Gasteiger partial charge in [-0.1, -0.05) is 49.2 Å². The molecule has 11 heteroatoms. The van der Waals surface area contributed by atoms with Gasteiger partial charge in [0.25, 0.3) is 11.8 Å². The number of para-hydroxylation sites is 1. The van der Waals surface area contributed by atoms with Crippen molar-refractivity contribution in [3.05, 3.63) is 82.2 Å². The number of carbonyl (C=O) groups excluding carboxylic acids is 3. The van der Waals surface area contributed by atoms with E-state index in [1.165, 1.54) is 11.0 Å². The number of aromatic amines is 1. The molecule has 1 unspecified atom stereocenters. The van der Waals surface area contributed by atoms with E-state index < -0.39 is 23.7 Å². The van der Waals surface area contributed by atoms with Gasteiger partial charge >= 0.3 is 0 Å². The lowest BCUT2D eigenvalue weighted by molar-refractivity contribution is -0.126. The van der Waals surface area contributed by atoms with Crippen molar-refractivity contribution in [2.75, 3.05) is 5.73 Å². The van der Waals surface area contributed by atoms with Gasteiger partial charge in [-0.2, -0.15) is 4.37 Å². The van der Waals surface area contributed by atoms with Gasteiger partial charge in [-0.25, -0.2) is 4.39 Å². The molecule has 1 atom stereocenters. The fraction of sp³-hybridized carbons (Fsp3) is 0.259. The molecule has 5 rings (SSSR count). The minimum Gasteiger partial charge on any atom is -0.395 e. The van der Waals surface area contributed by atoms with Crippen LogP contribution in [0.4, 0.5) is 10.1 Å². The largest absolute Gasteiger partial charge is 0.395 e. The Hall–Kier alpha value is -4.25. The van der Waals surface area contributed by atoms with Gasteiger partial charge in [0.15, 0.2) is 5.69 Å². The zero-order valence-electron chi connectivity index (χ0n) is 20.4. The van der Waals surface area contributed by atoms with Gasteiger partial charge in [-0.05, 0) is 36.5 Å². The van der Waals surface area contributed by atoms with Crippen LogP contribution in [-0.4, -0.2) is 38.0 Å². The molecule has 3 amide bonds. The number of hydrogen-bond acceptors (Lipinski definition) is 6. The van der Waals surface area contributed by atoms with Crippen LogP contribution in [0.15, 0.2) is 54.7 Å². The average molecular weight is 535 g/mol. The third-order valence-corrected chi connectivity index (χ3v) is 7.74. The Bertz CT molecular complexity index is 1510. The van der Waals surface area contributed by atoms with Crippen molar-refractivity contribution >= 4 is 45.8 Å². The normalized spacial score (nSPS) is 14.4. The van der Waals surface area contributed by atoms with Crippen molar-refractivity contribution in [1.82, 2.24) is 19.6 Å². The molecule has 1 fully saturated rings. The number of H-pyrrole nitrogens is 1. The highest BCUT2D eigenvalue weighted by Gasteiger charge is 2.37. The Morgan fingerprint density at radius 3 is 2.55 bits per heavy atom. The summed E-state index contributed by atoms with van der Waals surface area (Å²) < 4.78 is 18.8. The van der Waals surface area contributed by atoms with Crippen LogP contribution in [0.25, 0.3) is 10.9 Å². The van der Waals surface area contributed by atoms with Gasteiger partial charge in [0.1, 0.15) is 16.7 Å². The molecule has 1 aliphatic carbocycles. The fourth-order valence-corrected chi connectivity index (χ4v) is 5.73. The maximum Gasteiger partial charge on any atom is 0.270 e. The standard InChI is InChI=1S/C27H27FN6O3S/c28-19-11-5-1-7-15(19)14-34(27(37)24-21(29)22(25(30)35)33-38-24)23(26(36)32-16-8-2-3-9-16)18-13-31-20-12-6-4-10-17(18)20/h1,4-7,10-13,16,23,31H,2-3,8-9,14,29H2,(H2,30,35)(H,32,36). The first-order valence-corrected chi connectivity index (χ1v) is 13.1. The van der Waals surface area contributed by atoms with Crippen LogP contribution in [0, 0.1) is 5.82 Å². The van der Waals surface area contributed by atoms with Crippen molar-refractivity contribution in [1.29, 1.82) is 0 Å². The molecular weight excluding hydrogens is 507 g/mol. The number of fused-ring (bicyclic) bond motifs is 1. The average Bonchev–Trinajstić information content (AvgIpc) is 3.65. The SMILES string of the molecule is NC(=O)c1nsc(C(=O)N(Cc2ccccc2F)C(C(=O)NC2CCCC2)c2c[nH]c3ccccc23)c1N. The number of rotatable bonds is 8. The summed E-state index contributed by atoms with van der Waals surface area (Å²) >= 11 is 0.718. The van der Waals surface area contributed by atoms with Crippen molar-refractivity contribution in [2.24, 2.45) is 5.73 Å². The highest BCUT2D eigenvalue weighted by atomic mass is 32.1. The molecule has 0 bridgehead atoms. The zero-order chi connectivity index (χ0) is 26.8. The summed E-state index contributed by atoms with van der Waals surface area (Å²) in [4.78, 5) is 44.2. The van der Waals surface area contributed by atoms with E-state index in [2.05, 4.69) is 14.7 Å². The second kappa shape index (κ2) is 10.6. The van der Waals surface area contributed by atoms with Crippen LogP contribution >= 0.6 is 11.5 Å². The lowest BCUT2D eigenvalue weighted by Gasteiger charge is -2.32. The quantitative estimate of drug-likeness (QED) is 0.271. The number of nitrogens with two attached hydrogens (primary N) is 2. The number of carbonyl (C=O) groups is 3. The summed E-state index contributed by atoms with van der Waals surface area (Å²) in [6, 6.07) is 12.3. The van der Waals surface area contributed by atoms with Crippen molar-refractivity contribution in [3.63, 3.8) is 0 Å². The van der Waals surface area contributed by atoms with E-state index in [4.69, 9.17) is 11.5 Å². The Morgan fingerprint density at radius 1 is 1.13 bits per heavy atom. The molecule has 38 heavy (non-hydrogen) atoms. The lowest BCUT2D eigenvalue weighted by atomic mass is 10.0. The number of benzene rings is 2. The molecule has 0 spiro atoms. The molecule has 0 saturated heterocycles. The van der Waals surface area contributed by atoms with Crippen LogP contribution in [0.3, 0.4) is 0 Å². The van der Waals surface area contributed by atoms with Crippen LogP contribution < -0.4 is 16.8 Å². The third-order valence-electron chi connectivity index (χ3n) is 6.89.